The highest BCUT2D eigenvalue weighted by atomic mass is 15.3. The molecule has 1 aromatic carbocycles. The van der Waals surface area contributed by atoms with Crippen molar-refractivity contribution < 1.29 is 0 Å². The Labute approximate surface area is 116 Å². The smallest absolute Gasteiger partial charge is 0.206 e. The Morgan fingerprint density at radius 1 is 1.16 bits per heavy atom. The maximum Gasteiger partial charge on any atom is 0.206 e. The maximum atomic E-state index is 5.44. The number of nitrogens with one attached hydrogen (secondary N) is 2. The molecule has 0 saturated heterocycles. The van der Waals surface area contributed by atoms with E-state index in [-0.39, 0.29) is 0 Å². The van der Waals surface area contributed by atoms with Crippen molar-refractivity contribution in [2.24, 2.45) is 16.8 Å². The lowest BCUT2D eigenvalue weighted by molar-refractivity contribution is 0.615. The second kappa shape index (κ2) is 7.79. The number of nitrogens with zero attached hydrogens (tertiary/aromatic N) is 1. The number of nitrogens with two attached hydrogens (primary N) is 1. The molecule has 19 heavy (non-hydrogen) atoms. The third-order valence-electron chi connectivity index (χ3n) is 2.88. The molecule has 4 heteroatoms. The van der Waals surface area contributed by atoms with Crippen LogP contribution in [-0.2, 0) is 6.54 Å². The molecule has 0 unspecified atom stereocenters. The maximum absolute atomic E-state index is 5.44. The van der Waals surface area contributed by atoms with Gasteiger partial charge in [0.15, 0.2) is 0 Å². The van der Waals surface area contributed by atoms with Gasteiger partial charge in [-0.1, -0.05) is 52.0 Å². The molecule has 0 aliphatic heterocycles. The van der Waals surface area contributed by atoms with Gasteiger partial charge in [-0.25, -0.2) is 10.8 Å². The van der Waals surface area contributed by atoms with Crippen LogP contribution < -0.4 is 16.6 Å². The van der Waals surface area contributed by atoms with E-state index in [0.717, 1.165) is 6.54 Å². The zero-order valence-electron chi connectivity index (χ0n) is 12.4. The van der Waals surface area contributed by atoms with E-state index in [1.54, 1.807) is 0 Å². The van der Waals surface area contributed by atoms with Crippen LogP contribution in [0.1, 0.15) is 44.7 Å². The number of hydrazine groups is 1. The van der Waals surface area contributed by atoms with Crippen LogP contribution in [0.15, 0.2) is 29.3 Å². The van der Waals surface area contributed by atoms with Crippen molar-refractivity contribution in [1.82, 2.24) is 10.7 Å². The van der Waals surface area contributed by atoms with E-state index in [1.807, 2.05) is 0 Å². The summed E-state index contributed by atoms with van der Waals surface area (Å²) < 4.78 is 0. The summed E-state index contributed by atoms with van der Waals surface area (Å²) in [5, 5.41) is 3.18. The zero-order valence-corrected chi connectivity index (χ0v) is 12.4. The molecule has 4 N–H and O–H groups in total. The summed E-state index contributed by atoms with van der Waals surface area (Å²) in [6.45, 7) is 10.2. The van der Waals surface area contributed by atoms with Crippen LogP contribution >= 0.6 is 0 Å². The Morgan fingerprint density at radius 3 is 2.26 bits per heavy atom. The molecule has 4 nitrogen and oxygen atoms in total. The van der Waals surface area contributed by atoms with E-state index in [9.17, 15) is 0 Å². The van der Waals surface area contributed by atoms with Gasteiger partial charge in [-0.15, -0.1) is 0 Å². The van der Waals surface area contributed by atoms with Gasteiger partial charge in [-0.05, 0) is 23.0 Å². The SMILES string of the molecule is CC(C)CNC(=NCc1ccc(C(C)C)cc1)NN. The van der Waals surface area contributed by atoms with Crippen LogP contribution in [0.4, 0.5) is 0 Å². The fourth-order valence-electron chi connectivity index (χ4n) is 1.63. The van der Waals surface area contributed by atoms with Crippen LogP contribution in [-0.4, -0.2) is 12.5 Å². The molecule has 0 heterocycles. The van der Waals surface area contributed by atoms with E-state index < -0.39 is 0 Å². The third kappa shape index (κ3) is 5.75. The van der Waals surface area contributed by atoms with E-state index in [4.69, 9.17) is 5.84 Å². The highest BCUT2D eigenvalue weighted by Gasteiger charge is 2.00. The fourth-order valence-corrected chi connectivity index (χ4v) is 1.63. The minimum absolute atomic E-state index is 0.559. The minimum atomic E-state index is 0.559. The van der Waals surface area contributed by atoms with Gasteiger partial charge >= 0.3 is 0 Å². The highest BCUT2D eigenvalue weighted by molar-refractivity contribution is 5.79. The van der Waals surface area contributed by atoms with Gasteiger partial charge in [0.05, 0.1) is 6.54 Å². The normalized spacial score (nSPS) is 12.1. The highest BCUT2D eigenvalue weighted by Crippen LogP contribution is 2.14. The standard InChI is InChI=1S/C15H26N4/c1-11(2)9-17-15(19-16)18-10-13-5-7-14(8-6-13)12(3)4/h5-8,11-12H,9-10,16H2,1-4H3,(H2,17,18,19). The molecule has 0 amide bonds. The molecule has 0 bridgehead atoms. The number of benzene rings is 1. The molecule has 0 fully saturated rings. The molecule has 0 radical (unpaired) electrons. The summed E-state index contributed by atoms with van der Waals surface area (Å²) in [5.74, 6) is 7.20. The van der Waals surface area contributed by atoms with Gasteiger partial charge in [0.1, 0.15) is 0 Å². The van der Waals surface area contributed by atoms with Crippen LogP contribution in [0.3, 0.4) is 0 Å². The first-order chi connectivity index (χ1) is 9.02. The lowest BCUT2D eigenvalue weighted by Crippen LogP contribution is -2.42. The van der Waals surface area contributed by atoms with Gasteiger partial charge in [-0.3, -0.25) is 5.43 Å². The number of rotatable bonds is 5. The predicted molar refractivity (Wildman–Crippen MR) is 81.8 cm³/mol. The molecular formula is C15H26N4. The second-order valence-corrected chi connectivity index (χ2v) is 5.48. The van der Waals surface area contributed by atoms with E-state index in [1.165, 1.54) is 11.1 Å². The summed E-state index contributed by atoms with van der Waals surface area (Å²) in [6.07, 6.45) is 0. The topological polar surface area (TPSA) is 62.4 Å². The summed E-state index contributed by atoms with van der Waals surface area (Å²) in [4.78, 5) is 4.43. The van der Waals surface area contributed by atoms with Gasteiger partial charge < -0.3 is 5.32 Å². The van der Waals surface area contributed by atoms with Crippen molar-refractivity contribution in [2.45, 2.75) is 40.2 Å². The molecule has 1 rings (SSSR count). The third-order valence-corrected chi connectivity index (χ3v) is 2.88. The Hall–Kier alpha value is -1.55. The Kier molecular flexibility index (Phi) is 6.36. The van der Waals surface area contributed by atoms with E-state index >= 15 is 0 Å². The van der Waals surface area contributed by atoms with Crippen LogP contribution in [0.5, 0.6) is 0 Å². The molecule has 0 atom stereocenters. The van der Waals surface area contributed by atoms with Crippen LogP contribution in [0.2, 0.25) is 0 Å². The summed E-state index contributed by atoms with van der Waals surface area (Å²) in [6, 6.07) is 8.56. The molecule has 0 aliphatic rings. The van der Waals surface area contributed by atoms with Gasteiger partial charge in [-0.2, -0.15) is 0 Å². The average molecular weight is 262 g/mol. The molecule has 0 saturated carbocycles. The van der Waals surface area contributed by atoms with Crippen molar-refractivity contribution in [3.8, 4) is 0 Å². The molecule has 1 aromatic rings. The molecule has 0 aromatic heterocycles. The fraction of sp³-hybridized carbons (Fsp3) is 0.533. The number of hydrogen-bond acceptors (Lipinski definition) is 2. The van der Waals surface area contributed by atoms with Crippen LogP contribution in [0.25, 0.3) is 0 Å². The van der Waals surface area contributed by atoms with Crippen molar-refractivity contribution in [3.05, 3.63) is 35.4 Å². The quantitative estimate of drug-likeness (QED) is 0.330. The van der Waals surface area contributed by atoms with E-state index in [0.29, 0.717) is 24.3 Å². The minimum Gasteiger partial charge on any atom is -0.355 e. The molecule has 0 spiro atoms. The predicted octanol–water partition coefficient (Wildman–Crippen LogP) is 2.37. The number of hydrogen-bond donors (Lipinski definition) is 3. The van der Waals surface area contributed by atoms with Crippen molar-refractivity contribution in [3.63, 3.8) is 0 Å². The lowest BCUT2D eigenvalue weighted by atomic mass is 10.0. The van der Waals surface area contributed by atoms with Gasteiger partial charge in [0.2, 0.25) is 5.96 Å². The Morgan fingerprint density at radius 2 is 1.79 bits per heavy atom. The Balaban J connectivity index is 2.57. The largest absolute Gasteiger partial charge is 0.355 e. The van der Waals surface area contributed by atoms with Crippen LogP contribution in [0, 0.1) is 5.92 Å². The first kappa shape index (κ1) is 15.5. The molecular weight excluding hydrogens is 236 g/mol. The first-order valence-corrected chi connectivity index (χ1v) is 6.86. The van der Waals surface area contributed by atoms with Crippen molar-refractivity contribution >= 4 is 5.96 Å². The van der Waals surface area contributed by atoms with Gasteiger partial charge in [0, 0.05) is 6.54 Å². The van der Waals surface area contributed by atoms with Crippen molar-refractivity contribution in [2.75, 3.05) is 6.54 Å². The second-order valence-electron chi connectivity index (χ2n) is 5.48. The van der Waals surface area contributed by atoms with E-state index in [2.05, 4.69) is 67.7 Å². The number of guanidine groups is 1. The monoisotopic (exact) mass is 262 g/mol. The zero-order chi connectivity index (χ0) is 14.3. The number of aliphatic imine (C=N–C) groups is 1. The van der Waals surface area contributed by atoms with Gasteiger partial charge in [0.25, 0.3) is 0 Å². The summed E-state index contributed by atoms with van der Waals surface area (Å²) >= 11 is 0. The summed E-state index contributed by atoms with van der Waals surface area (Å²) in [5.41, 5.74) is 5.13. The molecule has 0 aliphatic carbocycles. The van der Waals surface area contributed by atoms with Crippen molar-refractivity contribution in [1.29, 1.82) is 0 Å². The summed E-state index contributed by atoms with van der Waals surface area (Å²) in [7, 11) is 0. The molecule has 106 valence electrons. The lowest BCUT2D eigenvalue weighted by Gasteiger charge is -2.11. The Bertz CT molecular complexity index is 393. The first-order valence-electron chi connectivity index (χ1n) is 6.86. The average Bonchev–Trinajstić information content (AvgIpc) is 2.39.